The van der Waals surface area contributed by atoms with E-state index >= 15 is 0 Å². The second-order valence-corrected chi connectivity index (χ2v) is 9.34. The van der Waals surface area contributed by atoms with Crippen LogP contribution in [0.25, 0.3) is 0 Å². The van der Waals surface area contributed by atoms with Gasteiger partial charge in [-0.15, -0.1) is 23.5 Å². The Morgan fingerprint density at radius 3 is 2.91 bits per heavy atom. The Morgan fingerprint density at radius 1 is 1.32 bits per heavy atom. The lowest BCUT2D eigenvalue weighted by molar-refractivity contribution is 0.578. The molecule has 2 unspecified atom stereocenters. The zero-order valence-corrected chi connectivity index (χ0v) is 14.8. The largest absolute Gasteiger partial charge is 0.335 e. The van der Waals surface area contributed by atoms with Crippen LogP contribution in [-0.2, 0) is 13.0 Å². The Morgan fingerprint density at radius 2 is 2.18 bits per heavy atom. The molecular formula is C18H24N2S2. The number of aryl methyl sites for hydroxylation is 1. The van der Waals surface area contributed by atoms with Crippen LogP contribution in [0.3, 0.4) is 0 Å². The summed E-state index contributed by atoms with van der Waals surface area (Å²) in [4.78, 5) is 4.22. The minimum absolute atomic E-state index is 0.287. The highest BCUT2D eigenvalue weighted by Gasteiger charge is 2.37. The molecule has 0 bridgehead atoms. The van der Waals surface area contributed by atoms with E-state index in [1.54, 1.807) is 0 Å². The molecule has 2 heterocycles. The first-order valence-corrected chi connectivity index (χ1v) is 9.98. The molecular weight excluding hydrogens is 308 g/mol. The van der Waals surface area contributed by atoms with Crippen LogP contribution in [0.2, 0.25) is 0 Å². The SMILES string of the molecule is CCC1CCSC(CCc2ccccc2)(Cn2ccnc2)S1. The first-order chi connectivity index (χ1) is 10.8. The summed E-state index contributed by atoms with van der Waals surface area (Å²) in [6.07, 6.45) is 11.0. The van der Waals surface area contributed by atoms with Crippen molar-refractivity contribution in [3.05, 3.63) is 54.6 Å². The number of thioether (sulfide) groups is 2. The standard InChI is InChI=1S/C18H24N2S2/c1-2-17-9-13-21-18(22-17,14-20-12-11-19-15-20)10-8-16-6-4-3-5-7-16/h3-7,11-12,15,17H,2,8-10,13-14H2,1H3. The second kappa shape index (κ2) is 7.60. The summed E-state index contributed by atoms with van der Waals surface area (Å²) in [5.74, 6) is 1.29. The summed E-state index contributed by atoms with van der Waals surface area (Å²) in [6, 6.07) is 10.9. The van der Waals surface area contributed by atoms with Crippen LogP contribution in [0, 0.1) is 0 Å². The number of imidazole rings is 1. The van der Waals surface area contributed by atoms with Crippen LogP contribution in [0.15, 0.2) is 49.1 Å². The first-order valence-electron chi connectivity index (χ1n) is 8.11. The molecule has 2 atom stereocenters. The van der Waals surface area contributed by atoms with Gasteiger partial charge in [0.05, 0.1) is 10.4 Å². The third-order valence-corrected chi connectivity index (χ3v) is 7.87. The zero-order valence-electron chi connectivity index (χ0n) is 13.1. The number of nitrogens with zero attached hydrogens (tertiary/aromatic N) is 2. The predicted molar refractivity (Wildman–Crippen MR) is 98.5 cm³/mol. The lowest BCUT2D eigenvalue weighted by Crippen LogP contribution is -2.34. The molecule has 0 radical (unpaired) electrons. The van der Waals surface area contributed by atoms with Gasteiger partial charge in [-0.25, -0.2) is 4.98 Å². The normalized spacial score (nSPS) is 25.2. The van der Waals surface area contributed by atoms with E-state index in [0.29, 0.717) is 0 Å². The van der Waals surface area contributed by atoms with E-state index in [-0.39, 0.29) is 4.08 Å². The van der Waals surface area contributed by atoms with Gasteiger partial charge in [-0.3, -0.25) is 0 Å². The molecule has 2 nitrogen and oxygen atoms in total. The third kappa shape index (κ3) is 4.11. The van der Waals surface area contributed by atoms with Gasteiger partial charge in [0.2, 0.25) is 0 Å². The van der Waals surface area contributed by atoms with E-state index in [9.17, 15) is 0 Å². The Labute approximate surface area is 142 Å². The zero-order chi connectivity index (χ0) is 15.3. The molecule has 0 saturated carbocycles. The molecule has 118 valence electrons. The molecule has 3 rings (SSSR count). The van der Waals surface area contributed by atoms with Crippen LogP contribution in [0.5, 0.6) is 0 Å². The molecule has 1 aliphatic heterocycles. The molecule has 0 N–H and O–H groups in total. The molecule has 0 aliphatic carbocycles. The number of hydrogen-bond acceptors (Lipinski definition) is 3. The van der Waals surface area contributed by atoms with Crippen molar-refractivity contribution >= 4 is 23.5 Å². The van der Waals surface area contributed by atoms with Crippen molar-refractivity contribution in [1.82, 2.24) is 9.55 Å². The Hall–Kier alpha value is -0.870. The first kappa shape index (κ1) is 16.0. The van der Waals surface area contributed by atoms with Gasteiger partial charge >= 0.3 is 0 Å². The highest BCUT2D eigenvalue weighted by molar-refractivity contribution is 8.19. The summed E-state index contributed by atoms with van der Waals surface area (Å²) >= 11 is 4.37. The van der Waals surface area contributed by atoms with Gasteiger partial charge in [-0.1, -0.05) is 37.3 Å². The topological polar surface area (TPSA) is 17.8 Å². The van der Waals surface area contributed by atoms with Crippen molar-refractivity contribution in [2.45, 2.75) is 48.5 Å². The maximum absolute atomic E-state index is 4.22. The fraction of sp³-hybridized carbons (Fsp3) is 0.500. The van der Waals surface area contributed by atoms with Crippen LogP contribution in [-0.4, -0.2) is 24.6 Å². The third-order valence-electron chi connectivity index (χ3n) is 4.26. The second-order valence-electron chi connectivity index (χ2n) is 5.92. The molecule has 1 saturated heterocycles. The van der Waals surface area contributed by atoms with Crippen LogP contribution >= 0.6 is 23.5 Å². The fourth-order valence-corrected chi connectivity index (χ4v) is 6.79. The van der Waals surface area contributed by atoms with Gasteiger partial charge in [0.25, 0.3) is 0 Å². The maximum Gasteiger partial charge on any atom is 0.0946 e. The van der Waals surface area contributed by atoms with Crippen LogP contribution in [0.1, 0.15) is 31.7 Å². The van der Waals surface area contributed by atoms with Gasteiger partial charge in [0.1, 0.15) is 0 Å². The summed E-state index contributed by atoms with van der Waals surface area (Å²) in [6.45, 7) is 3.39. The molecule has 2 aromatic rings. The smallest absolute Gasteiger partial charge is 0.0946 e. The molecule has 1 aliphatic rings. The molecule has 4 heteroatoms. The summed E-state index contributed by atoms with van der Waals surface area (Å²) in [5.41, 5.74) is 1.45. The minimum Gasteiger partial charge on any atom is -0.335 e. The van der Waals surface area contributed by atoms with Crippen molar-refractivity contribution in [1.29, 1.82) is 0 Å². The van der Waals surface area contributed by atoms with Crippen molar-refractivity contribution in [2.24, 2.45) is 0 Å². The summed E-state index contributed by atoms with van der Waals surface area (Å²) in [7, 11) is 0. The van der Waals surface area contributed by atoms with E-state index in [4.69, 9.17) is 0 Å². The molecule has 1 fully saturated rings. The molecule has 0 amide bonds. The number of benzene rings is 1. The van der Waals surface area contributed by atoms with E-state index < -0.39 is 0 Å². The number of aromatic nitrogens is 2. The number of rotatable bonds is 6. The lowest BCUT2D eigenvalue weighted by atomic mass is 10.1. The van der Waals surface area contributed by atoms with E-state index in [1.807, 2.05) is 12.5 Å². The minimum atomic E-state index is 0.287. The molecule has 22 heavy (non-hydrogen) atoms. The van der Waals surface area contributed by atoms with E-state index in [2.05, 4.69) is 76.5 Å². The average molecular weight is 333 g/mol. The van der Waals surface area contributed by atoms with E-state index in [0.717, 1.165) is 18.2 Å². The Balaban J connectivity index is 1.73. The Kier molecular flexibility index (Phi) is 5.53. The van der Waals surface area contributed by atoms with Gasteiger partial charge in [0.15, 0.2) is 0 Å². The number of hydrogen-bond donors (Lipinski definition) is 0. The monoisotopic (exact) mass is 332 g/mol. The molecule has 1 aromatic carbocycles. The highest BCUT2D eigenvalue weighted by atomic mass is 32.2. The summed E-state index contributed by atoms with van der Waals surface area (Å²) in [5, 5.41) is 0.806. The van der Waals surface area contributed by atoms with Crippen molar-refractivity contribution in [3.63, 3.8) is 0 Å². The maximum atomic E-state index is 4.22. The lowest BCUT2D eigenvalue weighted by Gasteiger charge is -2.40. The van der Waals surface area contributed by atoms with Crippen molar-refractivity contribution in [3.8, 4) is 0 Å². The Bertz CT molecular complexity index is 556. The fourth-order valence-electron chi connectivity index (χ4n) is 2.99. The van der Waals surface area contributed by atoms with Crippen LogP contribution in [0.4, 0.5) is 0 Å². The molecule has 1 aromatic heterocycles. The van der Waals surface area contributed by atoms with Crippen molar-refractivity contribution < 1.29 is 0 Å². The van der Waals surface area contributed by atoms with Gasteiger partial charge < -0.3 is 4.57 Å². The summed E-state index contributed by atoms with van der Waals surface area (Å²) < 4.78 is 2.54. The van der Waals surface area contributed by atoms with Crippen molar-refractivity contribution in [2.75, 3.05) is 5.75 Å². The quantitative estimate of drug-likeness (QED) is 0.752. The van der Waals surface area contributed by atoms with Crippen LogP contribution < -0.4 is 0 Å². The van der Waals surface area contributed by atoms with E-state index in [1.165, 1.54) is 30.6 Å². The van der Waals surface area contributed by atoms with Gasteiger partial charge in [0, 0.05) is 24.2 Å². The predicted octanol–water partition coefficient (Wildman–Crippen LogP) is 4.86. The molecule has 0 spiro atoms. The van der Waals surface area contributed by atoms with Gasteiger partial charge in [-0.05, 0) is 37.0 Å². The highest BCUT2D eigenvalue weighted by Crippen LogP contribution is 2.50. The van der Waals surface area contributed by atoms with Gasteiger partial charge in [-0.2, -0.15) is 0 Å². The average Bonchev–Trinajstić information content (AvgIpc) is 3.07.